The number of nitrogens with one attached hydrogen (secondary N) is 1. The Bertz CT molecular complexity index is 1970. The van der Waals surface area contributed by atoms with Gasteiger partial charge in [0.25, 0.3) is 5.91 Å². The number of carbonyl (C=O) groups is 3. The fraction of sp³-hybridized carbons (Fsp3) is 0.595. The molecule has 3 aliphatic heterocycles. The molecule has 0 unspecified atom stereocenters. The standard InChI is InChI=1S/C42H56ClF3N8O6/c1-50(2)16-6-24-59-36(55)15-19-51-17-9-29(10-18-51)30-11-20-52(21-12-30)39(56)35(27-28-25-33(42(44,45)46)37(47)34(43)26-28)60-41(58)53-22-13-32(14-23-53)54-40(57)48-38(49-54)31-7-4-3-5-8-31/h3-5,7-8,25-26,29-30,32,35H,6,9-24,27,47H2,1-2H3,(H,48,49,57)/t35-/m1/s1. The number of nitrogens with two attached hydrogens (primary N) is 1. The average Bonchev–Trinajstić information content (AvgIpc) is 3.63. The first kappa shape index (κ1) is 44.9. The van der Waals surface area contributed by atoms with Crippen molar-refractivity contribution in [3.05, 3.63) is 69.1 Å². The van der Waals surface area contributed by atoms with Crippen LogP contribution >= 0.6 is 11.6 Å². The van der Waals surface area contributed by atoms with Crippen molar-refractivity contribution in [1.82, 2.24) is 34.4 Å². The number of anilines is 1. The molecule has 3 fully saturated rings. The van der Waals surface area contributed by atoms with E-state index in [1.165, 1.54) is 15.6 Å². The lowest BCUT2D eigenvalue weighted by Crippen LogP contribution is -2.49. The molecule has 1 atom stereocenters. The summed E-state index contributed by atoms with van der Waals surface area (Å²) in [6, 6.07) is 11.1. The second-order valence-electron chi connectivity index (χ2n) is 16.4. The molecule has 0 saturated carbocycles. The highest BCUT2D eigenvalue weighted by Crippen LogP contribution is 2.39. The number of esters is 1. The maximum Gasteiger partial charge on any atom is 0.418 e. The van der Waals surface area contributed by atoms with Gasteiger partial charge in [0.05, 0.1) is 35.3 Å². The van der Waals surface area contributed by atoms with Crippen LogP contribution in [0.15, 0.2) is 47.3 Å². The van der Waals surface area contributed by atoms with E-state index in [9.17, 15) is 32.3 Å². The van der Waals surface area contributed by atoms with E-state index in [-0.39, 0.29) is 47.8 Å². The molecule has 60 heavy (non-hydrogen) atoms. The Balaban J connectivity index is 1.04. The van der Waals surface area contributed by atoms with Gasteiger partial charge < -0.3 is 34.8 Å². The number of hydrogen-bond donors (Lipinski definition) is 2. The molecule has 0 spiro atoms. The average molecular weight is 861 g/mol. The molecular formula is C42H56ClF3N8O6. The van der Waals surface area contributed by atoms with Gasteiger partial charge in [-0.1, -0.05) is 41.9 Å². The van der Waals surface area contributed by atoms with Crippen molar-refractivity contribution in [3.8, 4) is 11.4 Å². The molecule has 6 rings (SSSR count). The third kappa shape index (κ3) is 11.8. The Labute approximate surface area is 353 Å². The summed E-state index contributed by atoms with van der Waals surface area (Å²) in [6.45, 7) is 4.96. The van der Waals surface area contributed by atoms with Gasteiger partial charge in [0.15, 0.2) is 11.9 Å². The topological polar surface area (TPSA) is 159 Å². The predicted molar refractivity (Wildman–Crippen MR) is 220 cm³/mol. The second-order valence-corrected chi connectivity index (χ2v) is 16.8. The molecule has 2 aromatic carbocycles. The minimum absolute atomic E-state index is 0.0535. The van der Waals surface area contributed by atoms with Crippen molar-refractivity contribution in [2.45, 2.75) is 76.1 Å². The normalized spacial score (nSPS) is 18.2. The van der Waals surface area contributed by atoms with E-state index in [2.05, 4.69) is 19.9 Å². The summed E-state index contributed by atoms with van der Waals surface area (Å²) in [4.78, 5) is 63.1. The summed E-state index contributed by atoms with van der Waals surface area (Å²) in [6.07, 6.45) is -1.92. The zero-order valence-electron chi connectivity index (χ0n) is 34.3. The number of nitrogens with zero attached hydrogens (tertiary/aromatic N) is 6. The van der Waals surface area contributed by atoms with Crippen LogP contribution in [-0.2, 0) is 31.7 Å². The van der Waals surface area contributed by atoms with Gasteiger partial charge in [0.1, 0.15) is 0 Å². The second kappa shape index (κ2) is 20.3. The number of aromatic amines is 1. The number of aromatic nitrogens is 3. The fourth-order valence-electron chi connectivity index (χ4n) is 8.55. The molecule has 4 heterocycles. The van der Waals surface area contributed by atoms with Crippen molar-refractivity contribution in [1.29, 1.82) is 0 Å². The first-order valence-corrected chi connectivity index (χ1v) is 21.2. The minimum Gasteiger partial charge on any atom is -0.466 e. The number of H-pyrrole nitrogens is 1. The first-order valence-electron chi connectivity index (χ1n) is 20.8. The number of carbonyl (C=O) groups excluding carboxylic acids is 3. The van der Waals surface area contributed by atoms with E-state index in [1.54, 1.807) is 4.90 Å². The number of ether oxygens (including phenoxy) is 2. The zero-order chi connectivity index (χ0) is 43.0. The van der Waals surface area contributed by atoms with Crippen molar-refractivity contribution in [2.75, 3.05) is 78.8 Å². The van der Waals surface area contributed by atoms with Crippen LogP contribution in [0.2, 0.25) is 5.02 Å². The number of halogens is 4. The highest BCUT2D eigenvalue weighted by molar-refractivity contribution is 6.33. The smallest absolute Gasteiger partial charge is 0.418 e. The molecule has 328 valence electrons. The Hall–Kier alpha value is -4.61. The number of amides is 2. The first-order chi connectivity index (χ1) is 28.7. The van der Waals surface area contributed by atoms with Gasteiger partial charge in [-0.05, 0) is 102 Å². The van der Waals surface area contributed by atoms with E-state index >= 15 is 0 Å². The summed E-state index contributed by atoms with van der Waals surface area (Å²) in [5.74, 6) is 0.622. The van der Waals surface area contributed by atoms with Gasteiger partial charge >= 0.3 is 23.9 Å². The predicted octanol–water partition coefficient (Wildman–Crippen LogP) is 5.71. The third-order valence-corrected chi connectivity index (χ3v) is 12.3. The third-order valence-electron chi connectivity index (χ3n) is 12.0. The van der Waals surface area contributed by atoms with E-state index < -0.39 is 35.5 Å². The maximum atomic E-state index is 14.2. The Morgan fingerprint density at radius 3 is 2.22 bits per heavy atom. The summed E-state index contributed by atoms with van der Waals surface area (Å²) < 4.78 is 54.4. The van der Waals surface area contributed by atoms with Crippen LogP contribution in [0, 0.1) is 11.8 Å². The number of rotatable bonds is 14. The van der Waals surface area contributed by atoms with E-state index in [0.717, 1.165) is 63.4 Å². The monoisotopic (exact) mass is 860 g/mol. The number of likely N-dealkylation sites (tertiary alicyclic amines) is 3. The fourth-order valence-corrected chi connectivity index (χ4v) is 8.79. The van der Waals surface area contributed by atoms with Crippen molar-refractivity contribution in [3.63, 3.8) is 0 Å². The molecule has 3 saturated heterocycles. The van der Waals surface area contributed by atoms with Gasteiger partial charge in [0.2, 0.25) is 0 Å². The molecule has 0 radical (unpaired) electrons. The van der Waals surface area contributed by atoms with Gasteiger partial charge in [-0.15, -0.1) is 5.10 Å². The molecule has 2 amide bonds. The Morgan fingerprint density at radius 2 is 1.58 bits per heavy atom. The number of piperidine rings is 3. The largest absolute Gasteiger partial charge is 0.466 e. The molecule has 0 bridgehead atoms. The lowest BCUT2D eigenvalue weighted by Gasteiger charge is -2.41. The molecule has 3 aliphatic rings. The van der Waals surface area contributed by atoms with Gasteiger partial charge in [-0.2, -0.15) is 13.2 Å². The molecule has 14 nitrogen and oxygen atoms in total. The van der Waals surface area contributed by atoms with Crippen LogP contribution in [0.5, 0.6) is 0 Å². The van der Waals surface area contributed by atoms with Gasteiger partial charge in [-0.25, -0.2) is 14.3 Å². The van der Waals surface area contributed by atoms with Crippen LogP contribution in [0.3, 0.4) is 0 Å². The SMILES string of the molecule is CN(C)CCCOC(=O)CCN1CCC(C2CCN(C(=O)[C@@H](Cc3cc(Cl)c(N)c(C(F)(F)F)c3)OC(=O)N3CCC(n4nc(-c5ccccc5)[nH]c4=O)CC3)CC2)CC1. The van der Waals surface area contributed by atoms with Crippen LogP contribution < -0.4 is 11.4 Å². The lowest BCUT2D eigenvalue weighted by molar-refractivity contribution is -0.144. The van der Waals surface area contributed by atoms with Crippen molar-refractivity contribution in [2.24, 2.45) is 11.8 Å². The van der Waals surface area contributed by atoms with Crippen LogP contribution in [-0.4, -0.2) is 131 Å². The number of nitrogen functional groups attached to an aromatic ring is 1. The maximum absolute atomic E-state index is 14.2. The number of hydrogen-bond acceptors (Lipinski definition) is 10. The quantitative estimate of drug-likeness (QED) is 0.117. The highest BCUT2D eigenvalue weighted by Gasteiger charge is 2.38. The summed E-state index contributed by atoms with van der Waals surface area (Å²) in [5, 5.41) is 4.18. The molecule has 18 heteroatoms. The van der Waals surface area contributed by atoms with E-state index in [4.69, 9.17) is 26.8 Å². The van der Waals surface area contributed by atoms with Crippen LogP contribution in [0.25, 0.3) is 11.4 Å². The molecule has 3 aromatic rings. The molecular weight excluding hydrogens is 805 g/mol. The molecule has 0 aliphatic carbocycles. The zero-order valence-corrected chi connectivity index (χ0v) is 35.1. The summed E-state index contributed by atoms with van der Waals surface area (Å²) in [7, 11) is 3.96. The lowest BCUT2D eigenvalue weighted by atomic mass is 9.78. The van der Waals surface area contributed by atoms with Gasteiger partial charge in [0, 0.05) is 51.3 Å². The number of alkyl halides is 3. The summed E-state index contributed by atoms with van der Waals surface area (Å²) >= 11 is 6.15. The van der Waals surface area contributed by atoms with Crippen molar-refractivity contribution < 1.29 is 37.0 Å². The van der Waals surface area contributed by atoms with Crippen LogP contribution in [0.4, 0.5) is 23.7 Å². The summed E-state index contributed by atoms with van der Waals surface area (Å²) in [5.41, 5.74) is 4.39. The van der Waals surface area contributed by atoms with Crippen LogP contribution in [0.1, 0.15) is 68.5 Å². The minimum atomic E-state index is -4.79. The molecule has 1 aromatic heterocycles. The Morgan fingerprint density at radius 1 is 0.950 bits per heavy atom. The van der Waals surface area contributed by atoms with Crippen molar-refractivity contribution >= 4 is 35.3 Å². The molecule has 3 N–H and O–H groups in total. The highest BCUT2D eigenvalue weighted by atomic mass is 35.5. The van der Waals surface area contributed by atoms with E-state index in [1.807, 2.05) is 44.4 Å². The van der Waals surface area contributed by atoms with E-state index in [0.29, 0.717) is 63.2 Å². The van der Waals surface area contributed by atoms with Gasteiger partial charge in [-0.3, -0.25) is 14.6 Å². The Kier molecular flexibility index (Phi) is 15.2. The number of benzene rings is 2.